The molecule has 1 aliphatic heterocycles. The lowest BCUT2D eigenvalue weighted by molar-refractivity contribution is 0.261. The number of hydrogen-bond acceptors (Lipinski definition) is 6. The second-order valence-corrected chi connectivity index (χ2v) is 7.31. The molecule has 0 amide bonds. The van der Waals surface area contributed by atoms with E-state index >= 15 is 0 Å². The van der Waals surface area contributed by atoms with E-state index in [-0.39, 0.29) is 9.47 Å². The fourth-order valence-corrected chi connectivity index (χ4v) is 4.49. The molecule has 0 radical (unpaired) electrons. The van der Waals surface area contributed by atoms with Crippen LogP contribution in [0.4, 0.5) is 5.13 Å². The highest BCUT2D eigenvalue weighted by molar-refractivity contribution is 7.91. The van der Waals surface area contributed by atoms with E-state index in [2.05, 4.69) is 17.1 Å². The highest BCUT2D eigenvalue weighted by Crippen LogP contribution is 2.27. The number of rotatable bonds is 3. The second kappa shape index (κ2) is 4.87. The van der Waals surface area contributed by atoms with Gasteiger partial charge in [0.05, 0.1) is 0 Å². The van der Waals surface area contributed by atoms with E-state index in [1.165, 1.54) is 4.31 Å². The number of piperidine rings is 1. The average Bonchev–Trinajstić information content (AvgIpc) is 2.76. The van der Waals surface area contributed by atoms with Crippen LogP contribution in [-0.4, -0.2) is 36.0 Å². The number of hydrogen-bond donors (Lipinski definition) is 1. The summed E-state index contributed by atoms with van der Waals surface area (Å²) in [7, 11) is -3.49. The summed E-state index contributed by atoms with van der Waals surface area (Å²) in [6.45, 7) is 3.24. The smallest absolute Gasteiger partial charge is 0.272 e. The molecular weight excluding hydrogens is 260 g/mol. The summed E-state index contributed by atoms with van der Waals surface area (Å²) in [5, 5.41) is 7.37. The van der Waals surface area contributed by atoms with Crippen molar-refractivity contribution in [3.8, 4) is 0 Å². The predicted molar refractivity (Wildman–Crippen MR) is 66.1 cm³/mol. The van der Waals surface area contributed by atoms with Gasteiger partial charge >= 0.3 is 0 Å². The SMILES string of the molecule is CCC1CCCN(S(=O)(=O)c2nnc(N)s2)C1. The Morgan fingerprint density at radius 1 is 1.53 bits per heavy atom. The maximum absolute atomic E-state index is 12.2. The van der Waals surface area contributed by atoms with Crippen LogP contribution >= 0.6 is 11.3 Å². The summed E-state index contributed by atoms with van der Waals surface area (Å²) < 4.78 is 26.0. The highest BCUT2D eigenvalue weighted by atomic mass is 32.2. The van der Waals surface area contributed by atoms with Crippen LogP contribution in [0.15, 0.2) is 4.34 Å². The molecule has 1 saturated heterocycles. The minimum Gasteiger partial charge on any atom is -0.374 e. The molecular formula is C9H16N4O2S2. The molecule has 2 rings (SSSR count). The van der Waals surface area contributed by atoms with E-state index in [0.29, 0.717) is 19.0 Å². The zero-order chi connectivity index (χ0) is 12.5. The number of nitrogens with zero attached hydrogens (tertiary/aromatic N) is 3. The van der Waals surface area contributed by atoms with Crippen molar-refractivity contribution in [2.45, 2.75) is 30.5 Å². The Kier molecular flexibility index (Phi) is 3.64. The number of anilines is 1. The van der Waals surface area contributed by atoms with E-state index in [0.717, 1.165) is 30.6 Å². The average molecular weight is 276 g/mol. The van der Waals surface area contributed by atoms with Crippen molar-refractivity contribution in [1.29, 1.82) is 0 Å². The van der Waals surface area contributed by atoms with Gasteiger partial charge < -0.3 is 5.73 Å². The van der Waals surface area contributed by atoms with Gasteiger partial charge in [-0.1, -0.05) is 24.7 Å². The van der Waals surface area contributed by atoms with Gasteiger partial charge in [0.2, 0.25) is 9.47 Å². The number of nitrogen functional groups attached to an aromatic ring is 1. The molecule has 2 heterocycles. The number of aromatic nitrogens is 2. The lowest BCUT2D eigenvalue weighted by atomic mass is 9.97. The molecule has 1 fully saturated rings. The molecule has 1 aliphatic rings. The molecule has 1 unspecified atom stereocenters. The Labute approximate surface area is 105 Å². The third-order valence-electron chi connectivity index (χ3n) is 3.04. The van der Waals surface area contributed by atoms with Gasteiger partial charge in [0.1, 0.15) is 0 Å². The van der Waals surface area contributed by atoms with Crippen LogP contribution in [-0.2, 0) is 10.0 Å². The van der Waals surface area contributed by atoms with Crippen LogP contribution in [0.5, 0.6) is 0 Å². The quantitative estimate of drug-likeness (QED) is 0.887. The molecule has 1 aromatic rings. The van der Waals surface area contributed by atoms with Crippen molar-refractivity contribution in [1.82, 2.24) is 14.5 Å². The predicted octanol–water partition coefficient (Wildman–Crippen LogP) is 0.931. The molecule has 0 bridgehead atoms. The van der Waals surface area contributed by atoms with Crippen LogP contribution in [0.2, 0.25) is 0 Å². The first-order valence-corrected chi connectivity index (χ1v) is 7.89. The summed E-state index contributed by atoms with van der Waals surface area (Å²) in [4.78, 5) is 0. The van der Waals surface area contributed by atoms with E-state index in [9.17, 15) is 8.42 Å². The lowest BCUT2D eigenvalue weighted by Crippen LogP contribution is -2.39. The largest absolute Gasteiger partial charge is 0.374 e. The van der Waals surface area contributed by atoms with Gasteiger partial charge in [-0.2, -0.15) is 4.31 Å². The Bertz CT molecular complexity index is 485. The maximum Gasteiger partial charge on any atom is 0.272 e. The van der Waals surface area contributed by atoms with E-state index in [1.807, 2.05) is 0 Å². The lowest BCUT2D eigenvalue weighted by Gasteiger charge is -2.30. The van der Waals surface area contributed by atoms with Gasteiger partial charge in [0.25, 0.3) is 10.0 Å². The summed E-state index contributed by atoms with van der Waals surface area (Å²) in [6, 6.07) is 0. The van der Waals surface area contributed by atoms with Crippen LogP contribution in [0.1, 0.15) is 26.2 Å². The third-order valence-corrected chi connectivity index (χ3v) is 6.01. The van der Waals surface area contributed by atoms with Gasteiger partial charge in [-0.05, 0) is 18.8 Å². The minimum absolute atomic E-state index is 0.00625. The molecule has 0 aliphatic carbocycles. The van der Waals surface area contributed by atoms with Crippen LogP contribution in [0.25, 0.3) is 0 Å². The summed E-state index contributed by atoms with van der Waals surface area (Å²) in [6.07, 6.45) is 3.01. The molecule has 2 N–H and O–H groups in total. The Morgan fingerprint density at radius 3 is 2.88 bits per heavy atom. The Morgan fingerprint density at radius 2 is 2.29 bits per heavy atom. The molecule has 8 heteroatoms. The molecule has 6 nitrogen and oxygen atoms in total. The Hall–Kier alpha value is -0.730. The molecule has 17 heavy (non-hydrogen) atoms. The molecule has 96 valence electrons. The van der Waals surface area contributed by atoms with Crippen molar-refractivity contribution in [3.05, 3.63) is 0 Å². The van der Waals surface area contributed by atoms with Gasteiger partial charge in [-0.3, -0.25) is 0 Å². The molecule has 1 atom stereocenters. The Balaban J connectivity index is 2.21. The zero-order valence-corrected chi connectivity index (χ0v) is 11.3. The molecule has 0 aromatic carbocycles. The van der Waals surface area contributed by atoms with Crippen molar-refractivity contribution in [3.63, 3.8) is 0 Å². The van der Waals surface area contributed by atoms with E-state index < -0.39 is 10.0 Å². The van der Waals surface area contributed by atoms with Crippen LogP contribution in [0, 0.1) is 5.92 Å². The summed E-state index contributed by atoms with van der Waals surface area (Å²) in [5.74, 6) is 0.448. The minimum atomic E-state index is -3.49. The number of nitrogens with two attached hydrogens (primary N) is 1. The highest BCUT2D eigenvalue weighted by Gasteiger charge is 2.32. The first-order chi connectivity index (χ1) is 8.04. The van der Waals surface area contributed by atoms with Gasteiger partial charge in [-0.15, -0.1) is 10.2 Å². The van der Waals surface area contributed by atoms with Gasteiger partial charge in [0.15, 0.2) is 0 Å². The third kappa shape index (κ3) is 2.58. The molecule has 0 spiro atoms. The first-order valence-electron chi connectivity index (χ1n) is 5.63. The normalized spacial score (nSPS) is 22.8. The van der Waals surface area contributed by atoms with Gasteiger partial charge in [-0.25, -0.2) is 8.42 Å². The summed E-state index contributed by atoms with van der Waals surface area (Å²) in [5.41, 5.74) is 5.42. The fraction of sp³-hybridized carbons (Fsp3) is 0.778. The monoisotopic (exact) mass is 276 g/mol. The van der Waals surface area contributed by atoms with Crippen molar-refractivity contribution >= 4 is 26.5 Å². The second-order valence-electron chi connectivity index (χ2n) is 4.19. The summed E-state index contributed by atoms with van der Waals surface area (Å²) >= 11 is 0.923. The van der Waals surface area contributed by atoms with Crippen molar-refractivity contribution < 1.29 is 8.42 Å². The van der Waals surface area contributed by atoms with Crippen LogP contribution in [0.3, 0.4) is 0 Å². The van der Waals surface area contributed by atoms with Gasteiger partial charge in [0, 0.05) is 13.1 Å². The van der Waals surface area contributed by atoms with E-state index in [4.69, 9.17) is 5.73 Å². The van der Waals surface area contributed by atoms with E-state index in [1.54, 1.807) is 0 Å². The van der Waals surface area contributed by atoms with Crippen molar-refractivity contribution in [2.24, 2.45) is 5.92 Å². The van der Waals surface area contributed by atoms with Crippen LogP contribution < -0.4 is 5.73 Å². The first kappa shape index (κ1) is 12.7. The van der Waals surface area contributed by atoms with Crippen molar-refractivity contribution in [2.75, 3.05) is 18.8 Å². The zero-order valence-electron chi connectivity index (χ0n) is 9.66. The molecule has 0 saturated carbocycles. The maximum atomic E-state index is 12.2. The topological polar surface area (TPSA) is 89.2 Å². The standard InChI is InChI=1S/C9H16N4O2S2/c1-2-7-4-3-5-13(6-7)17(14,15)9-12-11-8(10)16-9/h7H,2-6H2,1H3,(H2,10,11). The molecule has 1 aromatic heterocycles. The fourth-order valence-electron chi connectivity index (χ4n) is 2.01. The number of sulfonamides is 1.